The summed E-state index contributed by atoms with van der Waals surface area (Å²) < 4.78 is 6.64. The van der Waals surface area contributed by atoms with Crippen LogP contribution in [0.25, 0.3) is 0 Å². The zero-order valence-corrected chi connectivity index (χ0v) is 15.8. The number of carbonyl (C=O) groups excluding carboxylic acids is 1. The van der Waals surface area contributed by atoms with E-state index in [-0.39, 0.29) is 0 Å². The number of amides is 1. The summed E-state index contributed by atoms with van der Waals surface area (Å²) in [6.45, 7) is 3.66. The Labute approximate surface area is 157 Å². The van der Waals surface area contributed by atoms with Gasteiger partial charge in [-0.3, -0.25) is 4.79 Å². The molecule has 1 aromatic heterocycles. The zero-order chi connectivity index (χ0) is 19.8. The molecule has 2 rings (SSSR count). The van der Waals surface area contributed by atoms with Gasteiger partial charge in [0.2, 0.25) is 5.91 Å². The summed E-state index contributed by atoms with van der Waals surface area (Å²) >= 11 is 0. The van der Waals surface area contributed by atoms with E-state index in [2.05, 4.69) is 20.8 Å². The molecule has 0 bridgehead atoms. The molecule has 146 valence electrons. The molecule has 1 heterocycles. The Bertz CT molecular complexity index is 777. The molecule has 2 N–H and O–H groups in total. The summed E-state index contributed by atoms with van der Waals surface area (Å²) in [6.07, 6.45) is 2.23. The van der Waals surface area contributed by atoms with E-state index in [4.69, 9.17) is 4.74 Å². The molecule has 9 nitrogen and oxygen atoms in total. The number of nitrogens with zero attached hydrogens (tertiary/aromatic N) is 4. The lowest BCUT2D eigenvalue weighted by Crippen LogP contribution is -2.45. The van der Waals surface area contributed by atoms with Crippen molar-refractivity contribution in [1.82, 2.24) is 25.5 Å². The van der Waals surface area contributed by atoms with E-state index in [9.17, 15) is 14.7 Å². The molecule has 0 aliphatic carbocycles. The Hall–Kier alpha value is -2.97. The van der Waals surface area contributed by atoms with Gasteiger partial charge in [-0.15, -0.1) is 5.10 Å². The second-order valence-corrected chi connectivity index (χ2v) is 6.28. The summed E-state index contributed by atoms with van der Waals surface area (Å²) in [6, 6.07) is 5.63. The monoisotopic (exact) mass is 375 g/mol. The maximum absolute atomic E-state index is 12.9. The number of nitrogens with one attached hydrogen (secondary N) is 1. The summed E-state index contributed by atoms with van der Waals surface area (Å²) in [5.74, 6) is -0.341. The van der Waals surface area contributed by atoms with E-state index < -0.39 is 24.0 Å². The van der Waals surface area contributed by atoms with Gasteiger partial charge in [0.05, 0.1) is 7.11 Å². The Morgan fingerprint density at radius 3 is 2.74 bits per heavy atom. The number of tetrazole rings is 1. The minimum Gasteiger partial charge on any atom is -0.497 e. The van der Waals surface area contributed by atoms with E-state index in [1.165, 1.54) is 4.68 Å². The maximum atomic E-state index is 12.9. The summed E-state index contributed by atoms with van der Waals surface area (Å²) in [5.41, 5.74) is 0.852. The largest absolute Gasteiger partial charge is 0.497 e. The summed E-state index contributed by atoms with van der Waals surface area (Å²) in [7, 11) is 1.57. The highest BCUT2D eigenvalue weighted by Crippen LogP contribution is 2.19. The standard InChI is InChI=1S/C18H25N5O4/c1-4-5-9-15(18(25)26)19-17(24)16(23-12(2)20-21-22-23)11-13-7-6-8-14(10-13)27-3/h6-8,10,15-16H,4-5,9,11H2,1-3H3,(H,19,24)(H,25,26)/t15-,16?/m0/s1. The third kappa shape index (κ3) is 5.50. The van der Waals surface area contributed by atoms with Crippen LogP contribution in [0.3, 0.4) is 0 Å². The Balaban J connectivity index is 2.25. The SMILES string of the molecule is CCCC[C@H](NC(=O)C(Cc1cccc(OC)c1)n1nnnc1C)C(=O)O. The fourth-order valence-corrected chi connectivity index (χ4v) is 2.77. The van der Waals surface area contributed by atoms with Crippen LogP contribution in [0.15, 0.2) is 24.3 Å². The number of rotatable bonds is 10. The van der Waals surface area contributed by atoms with Crippen molar-refractivity contribution in [3.05, 3.63) is 35.7 Å². The van der Waals surface area contributed by atoms with Crippen LogP contribution < -0.4 is 10.1 Å². The van der Waals surface area contributed by atoms with Crippen LogP contribution in [0, 0.1) is 6.92 Å². The highest BCUT2D eigenvalue weighted by molar-refractivity contribution is 5.86. The fraction of sp³-hybridized carbons (Fsp3) is 0.500. The Morgan fingerprint density at radius 2 is 2.15 bits per heavy atom. The average Bonchev–Trinajstić information content (AvgIpc) is 3.08. The Kier molecular flexibility index (Phi) is 7.27. The van der Waals surface area contributed by atoms with Gasteiger partial charge in [0.1, 0.15) is 23.7 Å². The molecule has 1 aromatic carbocycles. The molecule has 0 saturated carbocycles. The molecule has 1 amide bonds. The van der Waals surface area contributed by atoms with Crippen molar-refractivity contribution < 1.29 is 19.4 Å². The second kappa shape index (κ2) is 9.65. The topological polar surface area (TPSA) is 119 Å². The van der Waals surface area contributed by atoms with E-state index in [0.717, 1.165) is 12.0 Å². The molecule has 2 atom stereocenters. The highest BCUT2D eigenvalue weighted by Gasteiger charge is 2.28. The van der Waals surface area contributed by atoms with Crippen LogP contribution in [-0.4, -0.2) is 50.3 Å². The number of benzene rings is 1. The minimum atomic E-state index is -1.05. The number of carbonyl (C=O) groups is 2. The maximum Gasteiger partial charge on any atom is 0.326 e. The summed E-state index contributed by atoms with van der Waals surface area (Å²) in [4.78, 5) is 24.4. The lowest BCUT2D eigenvalue weighted by Gasteiger charge is -2.21. The Morgan fingerprint density at radius 1 is 1.37 bits per heavy atom. The van der Waals surface area contributed by atoms with Crippen LogP contribution in [0.4, 0.5) is 0 Å². The number of carboxylic acids is 1. The molecule has 0 spiro atoms. The van der Waals surface area contributed by atoms with Crippen molar-refractivity contribution in [3.8, 4) is 5.75 Å². The van der Waals surface area contributed by atoms with Gasteiger partial charge in [0.15, 0.2) is 0 Å². The second-order valence-electron chi connectivity index (χ2n) is 6.28. The minimum absolute atomic E-state index is 0.301. The van der Waals surface area contributed by atoms with Crippen LogP contribution in [0.5, 0.6) is 5.75 Å². The normalized spacial score (nSPS) is 13.0. The molecule has 0 saturated heterocycles. The number of hydrogen-bond donors (Lipinski definition) is 2. The zero-order valence-electron chi connectivity index (χ0n) is 15.8. The number of carboxylic acid groups (broad SMARTS) is 1. The first-order chi connectivity index (χ1) is 13.0. The molecule has 27 heavy (non-hydrogen) atoms. The van der Waals surface area contributed by atoms with Gasteiger partial charge in [-0.25, -0.2) is 9.48 Å². The number of unbranched alkanes of at least 4 members (excludes halogenated alkanes) is 1. The number of ether oxygens (including phenoxy) is 1. The molecule has 9 heteroatoms. The van der Waals surface area contributed by atoms with Gasteiger partial charge in [-0.1, -0.05) is 31.9 Å². The number of aryl methyl sites for hydroxylation is 1. The molecule has 1 unspecified atom stereocenters. The van der Waals surface area contributed by atoms with Gasteiger partial charge in [-0.05, 0) is 41.5 Å². The third-order valence-corrected chi connectivity index (χ3v) is 4.28. The number of methoxy groups -OCH3 is 1. The van der Waals surface area contributed by atoms with Crippen LogP contribution in [-0.2, 0) is 16.0 Å². The first-order valence-electron chi connectivity index (χ1n) is 8.86. The lowest BCUT2D eigenvalue weighted by atomic mass is 10.0. The van der Waals surface area contributed by atoms with Crippen LogP contribution >= 0.6 is 0 Å². The molecule has 2 aromatic rings. The predicted molar refractivity (Wildman–Crippen MR) is 97.4 cm³/mol. The van der Waals surface area contributed by atoms with Gasteiger partial charge < -0.3 is 15.2 Å². The molecular weight excluding hydrogens is 350 g/mol. The summed E-state index contributed by atoms with van der Waals surface area (Å²) in [5, 5.41) is 23.4. The smallest absolute Gasteiger partial charge is 0.326 e. The van der Waals surface area contributed by atoms with Gasteiger partial charge in [-0.2, -0.15) is 0 Å². The van der Waals surface area contributed by atoms with Crippen molar-refractivity contribution in [1.29, 1.82) is 0 Å². The van der Waals surface area contributed by atoms with Crippen molar-refractivity contribution >= 4 is 11.9 Å². The van der Waals surface area contributed by atoms with E-state index in [0.29, 0.717) is 30.8 Å². The van der Waals surface area contributed by atoms with Crippen molar-refractivity contribution in [3.63, 3.8) is 0 Å². The van der Waals surface area contributed by atoms with Crippen molar-refractivity contribution in [2.24, 2.45) is 0 Å². The van der Waals surface area contributed by atoms with Crippen molar-refractivity contribution in [2.75, 3.05) is 7.11 Å². The predicted octanol–water partition coefficient (Wildman–Crippen LogP) is 1.53. The van der Waals surface area contributed by atoms with E-state index >= 15 is 0 Å². The van der Waals surface area contributed by atoms with E-state index in [1.54, 1.807) is 14.0 Å². The number of aliphatic carboxylic acids is 1. The fourth-order valence-electron chi connectivity index (χ4n) is 2.77. The number of hydrogen-bond acceptors (Lipinski definition) is 6. The van der Waals surface area contributed by atoms with Gasteiger partial charge in [0.25, 0.3) is 0 Å². The molecular formula is C18H25N5O4. The van der Waals surface area contributed by atoms with E-state index in [1.807, 2.05) is 31.2 Å². The lowest BCUT2D eigenvalue weighted by molar-refractivity contribution is -0.142. The van der Waals surface area contributed by atoms with Crippen molar-refractivity contribution in [2.45, 2.75) is 51.6 Å². The first kappa shape index (κ1) is 20.3. The quantitative estimate of drug-likeness (QED) is 0.646. The average molecular weight is 375 g/mol. The van der Waals surface area contributed by atoms with Crippen LogP contribution in [0.2, 0.25) is 0 Å². The molecule has 0 aliphatic heterocycles. The molecule has 0 radical (unpaired) electrons. The van der Waals surface area contributed by atoms with Crippen LogP contribution in [0.1, 0.15) is 43.6 Å². The third-order valence-electron chi connectivity index (χ3n) is 4.28. The number of aromatic nitrogens is 4. The first-order valence-corrected chi connectivity index (χ1v) is 8.86. The highest BCUT2D eigenvalue weighted by atomic mass is 16.5. The molecule has 0 aliphatic rings. The van der Waals surface area contributed by atoms with Gasteiger partial charge >= 0.3 is 5.97 Å². The van der Waals surface area contributed by atoms with Gasteiger partial charge in [0, 0.05) is 6.42 Å². The molecule has 0 fully saturated rings.